The Bertz CT molecular complexity index is 1150. The van der Waals surface area contributed by atoms with Crippen LogP contribution in [0.25, 0.3) is 11.4 Å². The predicted molar refractivity (Wildman–Crippen MR) is 119 cm³/mol. The van der Waals surface area contributed by atoms with Gasteiger partial charge in [0.2, 0.25) is 12.8 Å². The van der Waals surface area contributed by atoms with Gasteiger partial charge in [0.15, 0.2) is 5.82 Å². The van der Waals surface area contributed by atoms with Crippen molar-refractivity contribution >= 4 is 12.0 Å². The van der Waals surface area contributed by atoms with E-state index in [4.69, 9.17) is 9.47 Å². The minimum atomic E-state index is -1.35. The van der Waals surface area contributed by atoms with Crippen LogP contribution in [0.15, 0.2) is 42.5 Å². The van der Waals surface area contributed by atoms with E-state index in [-0.39, 0.29) is 24.7 Å². The Kier molecular flexibility index (Phi) is 7.57. The molecule has 0 atom stereocenters. The van der Waals surface area contributed by atoms with Crippen molar-refractivity contribution in [2.75, 3.05) is 25.4 Å². The molecule has 0 fully saturated rings. The van der Waals surface area contributed by atoms with Crippen molar-refractivity contribution in [3.05, 3.63) is 59.4 Å². The number of carbonyl (C=O) groups is 1. The van der Waals surface area contributed by atoms with Gasteiger partial charge in [-0.1, -0.05) is 12.1 Å². The highest BCUT2D eigenvalue weighted by molar-refractivity contribution is 5.83. The molecule has 0 aliphatic carbocycles. The van der Waals surface area contributed by atoms with Gasteiger partial charge >= 0.3 is 12.1 Å². The minimum absolute atomic E-state index is 0.00892. The average Bonchev–Trinajstić information content (AvgIpc) is 2.79. The summed E-state index contributed by atoms with van der Waals surface area (Å²) in [7, 11) is 1.46. The Morgan fingerprint density at radius 3 is 2.41 bits per heavy atom. The van der Waals surface area contributed by atoms with Gasteiger partial charge < -0.3 is 19.7 Å². The van der Waals surface area contributed by atoms with E-state index in [0.29, 0.717) is 22.4 Å². The Labute approximate surface area is 194 Å². The number of ether oxygens (including phenoxy) is 2. The number of alkyl halides is 1. The van der Waals surface area contributed by atoms with Crippen molar-refractivity contribution in [1.82, 2.24) is 15.0 Å². The highest BCUT2D eigenvalue weighted by Gasteiger charge is 2.24. The van der Waals surface area contributed by atoms with Crippen LogP contribution in [0.3, 0.4) is 0 Å². The van der Waals surface area contributed by atoms with E-state index in [9.17, 15) is 23.8 Å². The van der Waals surface area contributed by atoms with Crippen molar-refractivity contribution in [3.8, 4) is 23.1 Å². The van der Waals surface area contributed by atoms with Crippen molar-refractivity contribution in [2.24, 2.45) is 0 Å². The standard InChI is InChI=1S/C23H24F2N4O5/c1-23(2,32)17-12-15(6-9-18(17)33-3)19-26-20(28-21(27-19)34-13-24)29(22(30)31)11-10-14-4-7-16(25)8-5-14/h4-9,12,32H,10-11,13H2,1-3H3,(H,30,31). The summed E-state index contributed by atoms with van der Waals surface area (Å²) >= 11 is 0. The number of halogens is 2. The molecule has 0 spiro atoms. The van der Waals surface area contributed by atoms with Crippen LogP contribution < -0.4 is 14.4 Å². The lowest BCUT2D eigenvalue weighted by molar-refractivity contribution is 0.0757. The highest BCUT2D eigenvalue weighted by atomic mass is 19.1. The van der Waals surface area contributed by atoms with Crippen molar-refractivity contribution < 1.29 is 33.3 Å². The number of anilines is 1. The number of hydrogen-bond acceptors (Lipinski definition) is 7. The maximum atomic E-state index is 13.2. The quantitative estimate of drug-likeness (QED) is 0.479. The van der Waals surface area contributed by atoms with Crippen LogP contribution >= 0.6 is 0 Å². The van der Waals surface area contributed by atoms with Crippen LogP contribution in [0.4, 0.5) is 19.5 Å². The third kappa shape index (κ3) is 5.93. The van der Waals surface area contributed by atoms with Gasteiger partial charge in [-0.3, -0.25) is 0 Å². The van der Waals surface area contributed by atoms with E-state index in [0.717, 1.165) is 4.90 Å². The molecule has 2 N–H and O–H groups in total. The van der Waals surface area contributed by atoms with Gasteiger partial charge in [-0.25, -0.2) is 18.5 Å². The topological polar surface area (TPSA) is 118 Å². The second-order valence-corrected chi connectivity index (χ2v) is 7.78. The molecule has 0 saturated carbocycles. The highest BCUT2D eigenvalue weighted by Crippen LogP contribution is 2.33. The number of amides is 1. The number of nitrogens with zero attached hydrogens (tertiary/aromatic N) is 4. The van der Waals surface area contributed by atoms with Crippen LogP contribution in [0.5, 0.6) is 11.8 Å². The van der Waals surface area contributed by atoms with Crippen molar-refractivity contribution in [3.63, 3.8) is 0 Å². The molecule has 34 heavy (non-hydrogen) atoms. The normalized spacial score (nSPS) is 11.2. The third-order valence-electron chi connectivity index (χ3n) is 4.91. The van der Waals surface area contributed by atoms with Crippen LogP contribution in [-0.4, -0.2) is 51.8 Å². The van der Waals surface area contributed by atoms with Crippen molar-refractivity contribution in [2.45, 2.75) is 25.9 Å². The zero-order valence-electron chi connectivity index (χ0n) is 18.8. The molecule has 0 bridgehead atoms. The number of methoxy groups -OCH3 is 1. The molecule has 0 unspecified atom stereocenters. The molecule has 2 aromatic carbocycles. The van der Waals surface area contributed by atoms with Crippen LogP contribution in [0.1, 0.15) is 25.0 Å². The molecule has 0 aliphatic heterocycles. The zero-order valence-corrected chi connectivity index (χ0v) is 18.8. The summed E-state index contributed by atoms with van der Waals surface area (Å²) in [6.07, 6.45) is -1.10. The van der Waals surface area contributed by atoms with Gasteiger partial charge in [0.25, 0.3) is 0 Å². The zero-order chi connectivity index (χ0) is 24.9. The molecule has 9 nitrogen and oxygen atoms in total. The lowest BCUT2D eigenvalue weighted by Crippen LogP contribution is -2.33. The molecule has 3 rings (SSSR count). The predicted octanol–water partition coefficient (Wildman–Crippen LogP) is 3.95. The first-order chi connectivity index (χ1) is 16.1. The molecule has 1 heterocycles. The van der Waals surface area contributed by atoms with Gasteiger partial charge in [-0.2, -0.15) is 15.0 Å². The van der Waals surface area contributed by atoms with E-state index in [1.165, 1.54) is 19.2 Å². The minimum Gasteiger partial charge on any atom is -0.496 e. The summed E-state index contributed by atoms with van der Waals surface area (Å²) < 4.78 is 36.1. The second-order valence-electron chi connectivity index (χ2n) is 7.78. The fourth-order valence-corrected chi connectivity index (χ4v) is 3.21. The number of aliphatic hydroxyl groups is 1. The molecule has 3 aromatic rings. The van der Waals surface area contributed by atoms with Gasteiger partial charge in [-0.05, 0) is 56.2 Å². The van der Waals surface area contributed by atoms with Crippen LogP contribution in [-0.2, 0) is 12.0 Å². The summed E-state index contributed by atoms with van der Waals surface area (Å²) in [5.41, 5.74) is 0.271. The Hall–Kier alpha value is -3.86. The van der Waals surface area contributed by atoms with E-state index in [1.807, 2.05) is 0 Å². The summed E-state index contributed by atoms with van der Waals surface area (Å²) in [6.45, 7) is 1.86. The van der Waals surface area contributed by atoms with Crippen molar-refractivity contribution in [1.29, 1.82) is 0 Å². The summed E-state index contributed by atoms with van der Waals surface area (Å²) in [5.74, 6) is -0.241. The first kappa shape index (κ1) is 24.8. The first-order valence-electron chi connectivity index (χ1n) is 10.2. The number of rotatable bonds is 9. The molecule has 11 heteroatoms. The van der Waals surface area contributed by atoms with Crippen LogP contribution in [0.2, 0.25) is 0 Å². The first-order valence-corrected chi connectivity index (χ1v) is 10.2. The van der Waals surface area contributed by atoms with Gasteiger partial charge in [-0.15, -0.1) is 0 Å². The summed E-state index contributed by atoms with van der Waals surface area (Å²) in [6, 6.07) is 10.0. The number of benzene rings is 2. The van der Waals surface area contributed by atoms with Gasteiger partial charge in [0, 0.05) is 17.7 Å². The van der Waals surface area contributed by atoms with Gasteiger partial charge in [0.1, 0.15) is 11.6 Å². The van der Waals surface area contributed by atoms with E-state index in [1.54, 1.807) is 44.2 Å². The molecular formula is C23H24F2N4O5. The van der Waals surface area contributed by atoms with Gasteiger partial charge in [0.05, 0.1) is 12.7 Å². The number of aromatic nitrogens is 3. The Balaban J connectivity index is 2.02. The SMILES string of the molecule is COc1ccc(-c2nc(OCF)nc(N(CCc3ccc(F)cc3)C(=O)O)n2)cc1C(C)(C)O. The Morgan fingerprint density at radius 1 is 1.12 bits per heavy atom. The molecule has 0 aliphatic rings. The maximum absolute atomic E-state index is 13.2. The smallest absolute Gasteiger partial charge is 0.414 e. The summed E-state index contributed by atoms with van der Waals surface area (Å²) in [4.78, 5) is 25.1. The summed E-state index contributed by atoms with van der Waals surface area (Å²) in [5, 5.41) is 20.3. The third-order valence-corrected chi connectivity index (χ3v) is 4.91. The molecular weight excluding hydrogens is 450 g/mol. The molecule has 1 amide bonds. The monoisotopic (exact) mass is 474 g/mol. The Morgan fingerprint density at radius 2 is 1.82 bits per heavy atom. The fourth-order valence-electron chi connectivity index (χ4n) is 3.21. The number of hydrogen-bond donors (Lipinski definition) is 2. The van der Waals surface area contributed by atoms with E-state index in [2.05, 4.69) is 15.0 Å². The lowest BCUT2D eigenvalue weighted by Gasteiger charge is -2.22. The molecule has 0 saturated heterocycles. The molecule has 0 radical (unpaired) electrons. The van der Waals surface area contributed by atoms with E-state index < -0.39 is 30.4 Å². The lowest BCUT2D eigenvalue weighted by atomic mass is 9.95. The fraction of sp³-hybridized carbons (Fsp3) is 0.304. The molecule has 1 aromatic heterocycles. The maximum Gasteiger partial charge on any atom is 0.414 e. The van der Waals surface area contributed by atoms with Crippen LogP contribution in [0, 0.1) is 5.82 Å². The van der Waals surface area contributed by atoms with E-state index >= 15 is 0 Å². The molecule has 180 valence electrons. The number of carboxylic acid groups (broad SMARTS) is 1. The second kappa shape index (κ2) is 10.4. The largest absolute Gasteiger partial charge is 0.496 e. The average molecular weight is 474 g/mol.